The topological polar surface area (TPSA) is 54.9 Å². The molecule has 1 aromatic carbocycles. The molecule has 0 bridgehead atoms. The fraction of sp³-hybridized carbons (Fsp3) is 0.632. The van der Waals surface area contributed by atoms with Crippen LogP contribution in [0.5, 0.6) is 0 Å². The van der Waals surface area contributed by atoms with E-state index in [0.29, 0.717) is 37.1 Å². The molecule has 0 aliphatic heterocycles. The van der Waals surface area contributed by atoms with Gasteiger partial charge in [0.15, 0.2) is 5.96 Å². The van der Waals surface area contributed by atoms with Crippen molar-refractivity contribution in [2.45, 2.75) is 39.6 Å². The van der Waals surface area contributed by atoms with Crippen LogP contribution in [-0.4, -0.2) is 45.5 Å². The van der Waals surface area contributed by atoms with E-state index < -0.39 is 12.8 Å². The summed E-state index contributed by atoms with van der Waals surface area (Å²) in [5.41, 5.74) is 1.69. The Bertz CT molecular complexity index is 552. The Kier molecular flexibility index (Phi) is 14.3. The van der Waals surface area contributed by atoms with Gasteiger partial charge in [-0.05, 0) is 23.5 Å². The van der Waals surface area contributed by atoms with Gasteiger partial charge >= 0.3 is 6.18 Å². The molecular formula is C19H31F3IN3O2. The summed E-state index contributed by atoms with van der Waals surface area (Å²) >= 11 is 0. The summed E-state index contributed by atoms with van der Waals surface area (Å²) in [7, 11) is 1.69. The van der Waals surface area contributed by atoms with Gasteiger partial charge in [0, 0.05) is 26.7 Å². The summed E-state index contributed by atoms with van der Waals surface area (Å²) < 4.78 is 46.4. The summed E-state index contributed by atoms with van der Waals surface area (Å²) in [5.74, 6) is 1.30. The highest BCUT2D eigenvalue weighted by molar-refractivity contribution is 14.0. The largest absolute Gasteiger partial charge is 0.411 e. The van der Waals surface area contributed by atoms with E-state index >= 15 is 0 Å². The zero-order chi connectivity index (χ0) is 20.1. The van der Waals surface area contributed by atoms with Crippen LogP contribution >= 0.6 is 24.0 Å². The predicted octanol–water partition coefficient (Wildman–Crippen LogP) is 4.11. The number of rotatable bonds is 11. The minimum absolute atomic E-state index is 0. The summed E-state index contributed by atoms with van der Waals surface area (Å²) in [4.78, 5) is 4.14. The van der Waals surface area contributed by atoms with Gasteiger partial charge in [-0.3, -0.25) is 4.99 Å². The number of aliphatic imine (C=N–C) groups is 1. The van der Waals surface area contributed by atoms with E-state index in [0.717, 1.165) is 18.6 Å². The molecule has 5 nitrogen and oxygen atoms in total. The van der Waals surface area contributed by atoms with Crippen LogP contribution in [-0.2, 0) is 22.6 Å². The van der Waals surface area contributed by atoms with E-state index in [4.69, 9.17) is 4.74 Å². The van der Waals surface area contributed by atoms with E-state index in [2.05, 4.69) is 34.2 Å². The molecule has 0 saturated carbocycles. The van der Waals surface area contributed by atoms with E-state index in [-0.39, 0.29) is 30.6 Å². The van der Waals surface area contributed by atoms with Crippen molar-refractivity contribution < 1.29 is 22.6 Å². The summed E-state index contributed by atoms with van der Waals surface area (Å²) in [6.07, 6.45) is -3.25. The van der Waals surface area contributed by atoms with Gasteiger partial charge < -0.3 is 20.1 Å². The molecule has 28 heavy (non-hydrogen) atoms. The van der Waals surface area contributed by atoms with Crippen molar-refractivity contribution in [2.24, 2.45) is 10.9 Å². The first-order valence-corrected chi connectivity index (χ1v) is 9.04. The van der Waals surface area contributed by atoms with Crippen LogP contribution in [0, 0.1) is 5.92 Å². The molecule has 0 saturated heterocycles. The molecular weight excluding hydrogens is 486 g/mol. The molecule has 1 aromatic rings. The lowest BCUT2D eigenvalue weighted by Crippen LogP contribution is -2.38. The van der Waals surface area contributed by atoms with Crippen LogP contribution in [0.1, 0.15) is 31.4 Å². The number of hydrogen-bond acceptors (Lipinski definition) is 3. The molecule has 0 unspecified atom stereocenters. The number of alkyl halides is 3. The normalized spacial score (nSPS) is 12.0. The van der Waals surface area contributed by atoms with Crippen LogP contribution in [0.4, 0.5) is 13.2 Å². The van der Waals surface area contributed by atoms with E-state index in [1.165, 1.54) is 0 Å². The standard InChI is InChI=1S/C19H30F3N3O2.HI/c1-15(2)8-10-26-11-9-24-18(23-3)25-12-16-4-6-17(7-5-16)13-27-14-19(20,21)22;/h4-7,15H,8-14H2,1-3H3,(H2,23,24,25);1H. The van der Waals surface area contributed by atoms with Crippen molar-refractivity contribution >= 4 is 29.9 Å². The van der Waals surface area contributed by atoms with E-state index in [1.54, 1.807) is 19.2 Å². The van der Waals surface area contributed by atoms with Gasteiger partial charge in [0.1, 0.15) is 6.61 Å². The summed E-state index contributed by atoms with van der Waals surface area (Å²) in [6.45, 7) is 5.60. The van der Waals surface area contributed by atoms with Crippen molar-refractivity contribution in [2.75, 3.05) is 33.4 Å². The molecule has 2 N–H and O–H groups in total. The number of halogens is 4. The summed E-state index contributed by atoms with van der Waals surface area (Å²) in [6, 6.07) is 7.21. The molecule has 0 amide bonds. The number of benzene rings is 1. The minimum Gasteiger partial charge on any atom is -0.380 e. The number of hydrogen-bond donors (Lipinski definition) is 2. The lowest BCUT2D eigenvalue weighted by atomic mass is 10.1. The third kappa shape index (κ3) is 14.0. The number of ether oxygens (including phenoxy) is 2. The van der Waals surface area contributed by atoms with Crippen molar-refractivity contribution in [3.8, 4) is 0 Å². The van der Waals surface area contributed by atoms with Gasteiger partial charge in [-0.2, -0.15) is 13.2 Å². The first-order valence-electron chi connectivity index (χ1n) is 9.04. The molecule has 0 aliphatic rings. The van der Waals surface area contributed by atoms with Gasteiger partial charge in [0.05, 0.1) is 13.2 Å². The fourth-order valence-corrected chi connectivity index (χ4v) is 2.11. The number of nitrogens with zero attached hydrogens (tertiary/aromatic N) is 1. The number of guanidine groups is 1. The molecule has 0 fully saturated rings. The van der Waals surface area contributed by atoms with E-state index in [9.17, 15) is 13.2 Å². The lowest BCUT2D eigenvalue weighted by molar-refractivity contribution is -0.176. The second-order valence-corrected chi connectivity index (χ2v) is 6.57. The Morgan fingerprint density at radius 2 is 1.68 bits per heavy atom. The molecule has 9 heteroatoms. The smallest absolute Gasteiger partial charge is 0.380 e. The molecule has 0 radical (unpaired) electrons. The Labute approximate surface area is 182 Å². The first-order chi connectivity index (χ1) is 12.8. The van der Waals surface area contributed by atoms with Crippen LogP contribution in [0.25, 0.3) is 0 Å². The highest BCUT2D eigenvalue weighted by atomic mass is 127. The van der Waals surface area contributed by atoms with Gasteiger partial charge in [0.25, 0.3) is 0 Å². The first kappa shape index (κ1) is 26.9. The van der Waals surface area contributed by atoms with Crippen LogP contribution < -0.4 is 10.6 Å². The van der Waals surface area contributed by atoms with Crippen LogP contribution in [0.2, 0.25) is 0 Å². The lowest BCUT2D eigenvalue weighted by Gasteiger charge is -2.13. The molecule has 0 atom stereocenters. The Hall–Kier alpha value is -1.07. The SMILES string of the molecule is CN=C(NCCOCCC(C)C)NCc1ccc(COCC(F)(F)F)cc1.I. The van der Waals surface area contributed by atoms with Crippen LogP contribution in [0.15, 0.2) is 29.3 Å². The van der Waals surface area contributed by atoms with Gasteiger partial charge in [-0.25, -0.2) is 0 Å². The minimum atomic E-state index is -4.30. The predicted molar refractivity (Wildman–Crippen MR) is 116 cm³/mol. The third-order valence-corrected chi connectivity index (χ3v) is 3.62. The molecule has 0 aromatic heterocycles. The molecule has 0 aliphatic carbocycles. The third-order valence-electron chi connectivity index (χ3n) is 3.62. The molecule has 0 heterocycles. The maximum absolute atomic E-state index is 12.1. The summed E-state index contributed by atoms with van der Waals surface area (Å²) in [5, 5.41) is 6.35. The average molecular weight is 517 g/mol. The van der Waals surface area contributed by atoms with E-state index in [1.807, 2.05) is 12.1 Å². The second-order valence-electron chi connectivity index (χ2n) is 6.57. The molecule has 162 valence electrons. The average Bonchev–Trinajstić information content (AvgIpc) is 2.60. The van der Waals surface area contributed by atoms with Crippen molar-refractivity contribution in [3.63, 3.8) is 0 Å². The van der Waals surface area contributed by atoms with Crippen LogP contribution in [0.3, 0.4) is 0 Å². The van der Waals surface area contributed by atoms with Gasteiger partial charge in [0.2, 0.25) is 0 Å². The zero-order valence-corrected chi connectivity index (χ0v) is 19.0. The highest BCUT2D eigenvalue weighted by Crippen LogP contribution is 2.15. The quantitative estimate of drug-likeness (QED) is 0.201. The maximum Gasteiger partial charge on any atom is 0.411 e. The second kappa shape index (κ2) is 14.9. The van der Waals surface area contributed by atoms with Gasteiger partial charge in [-0.15, -0.1) is 24.0 Å². The maximum atomic E-state index is 12.1. The number of nitrogens with one attached hydrogen (secondary N) is 2. The Morgan fingerprint density at radius 1 is 1.04 bits per heavy atom. The van der Waals surface area contributed by atoms with Crippen molar-refractivity contribution in [1.82, 2.24) is 10.6 Å². The Balaban J connectivity index is 0.00000729. The zero-order valence-electron chi connectivity index (χ0n) is 16.6. The molecule has 1 rings (SSSR count). The van der Waals surface area contributed by atoms with Crippen molar-refractivity contribution in [1.29, 1.82) is 0 Å². The van der Waals surface area contributed by atoms with Gasteiger partial charge in [-0.1, -0.05) is 38.1 Å². The molecule has 0 spiro atoms. The highest BCUT2D eigenvalue weighted by Gasteiger charge is 2.27. The Morgan fingerprint density at radius 3 is 2.25 bits per heavy atom. The van der Waals surface area contributed by atoms with Crippen molar-refractivity contribution in [3.05, 3.63) is 35.4 Å². The monoisotopic (exact) mass is 517 g/mol. The fourth-order valence-electron chi connectivity index (χ4n) is 2.11.